The smallest absolute Gasteiger partial charge is 0.254 e. The first-order chi connectivity index (χ1) is 14.3. The molecule has 1 aromatic heterocycles. The van der Waals surface area contributed by atoms with Crippen LogP contribution in [-0.2, 0) is 14.8 Å². The second kappa shape index (κ2) is 10.2. The van der Waals surface area contributed by atoms with Crippen LogP contribution in [0.25, 0.3) is 6.08 Å². The van der Waals surface area contributed by atoms with E-state index in [0.29, 0.717) is 31.9 Å². The van der Waals surface area contributed by atoms with Crippen LogP contribution in [0.3, 0.4) is 0 Å². The average molecular weight is 495 g/mol. The van der Waals surface area contributed by atoms with Gasteiger partial charge in [0.1, 0.15) is 5.76 Å². The van der Waals surface area contributed by atoms with Crippen LogP contribution in [0, 0.1) is 0 Å². The molecular weight excluding hydrogens is 472 g/mol. The molecule has 2 aromatic rings. The summed E-state index contributed by atoms with van der Waals surface area (Å²) in [6, 6.07) is 10.2. The lowest BCUT2D eigenvalue weighted by Gasteiger charge is -2.33. The maximum absolute atomic E-state index is 12.7. The van der Waals surface area contributed by atoms with Gasteiger partial charge in [0.15, 0.2) is 0 Å². The molecule has 8 nitrogen and oxygen atoms in total. The van der Waals surface area contributed by atoms with Gasteiger partial charge < -0.3 is 4.42 Å². The topological polar surface area (TPSA) is 95.2 Å². The van der Waals surface area contributed by atoms with Gasteiger partial charge in [-0.15, -0.1) is 0 Å². The molecule has 0 atom stereocenters. The van der Waals surface area contributed by atoms with E-state index in [1.807, 2.05) is 17.9 Å². The first-order valence-corrected chi connectivity index (χ1v) is 11.6. The number of piperazine rings is 1. The van der Waals surface area contributed by atoms with E-state index in [9.17, 15) is 13.2 Å². The van der Waals surface area contributed by atoms with Crippen molar-refractivity contribution in [1.29, 1.82) is 0 Å². The fourth-order valence-corrected chi connectivity index (χ4v) is 4.65. The highest BCUT2D eigenvalue weighted by Crippen LogP contribution is 2.20. The van der Waals surface area contributed by atoms with E-state index in [1.54, 1.807) is 48.9 Å². The molecule has 1 fully saturated rings. The Hall–Kier alpha value is -2.27. The molecule has 0 aliphatic carbocycles. The van der Waals surface area contributed by atoms with Gasteiger partial charge in [0.05, 0.1) is 23.9 Å². The molecule has 30 heavy (non-hydrogen) atoms. The van der Waals surface area contributed by atoms with E-state index >= 15 is 0 Å². The minimum absolute atomic E-state index is 0.157. The third-order valence-corrected chi connectivity index (χ3v) is 6.96. The third-order valence-electron chi connectivity index (χ3n) is 4.52. The molecular formula is C20H23BrN4O4S. The van der Waals surface area contributed by atoms with Crippen LogP contribution in [0.15, 0.2) is 67.1 Å². The lowest BCUT2D eigenvalue weighted by atomic mass is 10.3. The quantitative estimate of drug-likeness (QED) is 0.471. The lowest BCUT2D eigenvalue weighted by Crippen LogP contribution is -2.50. The number of carbonyl (C=O) groups excluding carboxylic acids is 1. The molecule has 1 N–H and O–H groups in total. The molecule has 3 rings (SSSR count). The highest BCUT2D eigenvalue weighted by molar-refractivity contribution is 9.10. The Labute approximate surface area is 184 Å². The van der Waals surface area contributed by atoms with Crippen molar-refractivity contribution in [2.45, 2.75) is 11.8 Å². The van der Waals surface area contributed by atoms with Gasteiger partial charge >= 0.3 is 0 Å². The average Bonchev–Trinajstić information content (AvgIpc) is 3.21. The number of hydrogen-bond donors (Lipinski definition) is 1. The summed E-state index contributed by atoms with van der Waals surface area (Å²) in [6.45, 7) is 3.63. The molecule has 10 heteroatoms. The van der Waals surface area contributed by atoms with Gasteiger partial charge in [-0.3, -0.25) is 9.69 Å². The number of furan rings is 1. The Kier molecular flexibility index (Phi) is 7.59. The van der Waals surface area contributed by atoms with E-state index in [1.165, 1.54) is 4.31 Å². The largest absolute Gasteiger partial charge is 0.465 e. The molecule has 0 spiro atoms. The number of amides is 1. The molecule has 0 saturated carbocycles. The van der Waals surface area contributed by atoms with Crippen LogP contribution < -0.4 is 5.43 Å². The van der Waals surface area contributed by atoms with Crippen molar-refractivity contribution in [3.8, 4) is 0 Å². The number of carbonyl (C=O) groups is 1. The number of rotatable bonds is 7. The summed E-state index contributed by atoms with van der Waals surface area (Å²) in [7, 11) is -3.53. The van der Waals surface area contributed by atoms with Crippen molar-refractivity contribution in [3.63, 3.8) is 0 Å². The molecule has 1 saturated heterocycles. The normalized spacial score (nSPS) is 16.8. The van der Waals surface area contributed by atoms with E-state index < -0.39 is 10.0 Å². The van der Waals surface area contributed by atoms with Gasteiger partial charge in [0.25, 0.3) is 5.91 Å². The predicted octanol–water partition coefficient (Wildman–Crippen LogP) is 2.55. The standard InChI is InChI=1S/C20H23BrN4O4S/c1-16(13-18-3-2-12-29-18)14-22-23-20(26)15-24-8-10-25(11-9-24)30(27,28)19-6-4-17(21)5-7-19/h2-7,12-14H,8-11,15H2,1H3,(H,23,26). The minimum atomic E-state index is -3.53. The van der Waals surface area contributed by atoms with Crippen molar-refractivity contribution in [1.82, 2.24) is 14.6 Å². The number of benzene rings is 1. The van der Waals surface area contributed by atoms with Gasteiger partial charge in [-0.05, 0) is 55.0 Å². The molecule has 2 heterocycles. The second-order valence-electron chi connectivity index (χ2n) is 6.83. The molecule has 0 radical (unpaired) electrons. The second-order valence-corrected chi connectivity index (χ2v) is 9.68. The Morgan fingerprint density at radius 3 is 2.53 bits per heavy atom. The number of hydrazone groups is 1. The summed E-state index contributed by atoms with van der Waals surface area (Å²) in [5.74, 6) is 0.461. The molecule has 0 bridgehead atoms. The zero-order valence-corrected chi connectivity index (χ0v) is 18.9. The Morgan fingerprint density at radius 1 is 1.20 bits per heavy atom. The van der Waals surface area contributed by atoms with Crippen LogP contribution >= 0.6 is 15.9 Å². The van der Waals surface area contributed by atoms with E-state index in [0.717, 1.165) is 10.0 Å². The number of sulfonamides is 1. The summed E-state index contributed by atoms with van der Waals surface area (Å²) < 4.78 is 32.9. The monoisotopic (exact) mass is 494 g/mol. The van der Waals surface area contributed by atoms with Crippen LogP contribution in [0.1, 0.15) is 12.7 Å². The van der Waals surface area contributed by atoms with Crippen molar-refractivity contribution < 1.29 is 17.6 Å². The highest BCUT2D eigenvalue weighted by atomic mass is 79.9. The van der Waals surface area contributed by atoms with Gasteiger partial charge in [-0.1, -0.05) is 15.9 Å². The van der Waals surface area contributed by atoms with Crippen LogP contribution in [0.4, 0.5) is 0 Å². The number of nitrogens with one attached hydrogen (secondary N) is 1. The molecule has 0 unspecified atom stereocenters. The molecule has 1 aromatic carbocycles. The first kappa shape index (κ1) is 22.4. The Morgan fingerprint density at radius 2 is 1.90 bits per heavy atom. The summed E-state index contributed by atoms with van der Waals surface area (Å²) in [5, 5.41) is 3.95. The van der Waals surface area contributed by atoms with E-state index in [2.05, 4.69) is 26.5 Å². The fourth-order valence-electron chi connectivity index (χ4n) is 2.96. The van der Waals surface area contributed by atoms with Gasteiger partial charge in [0, 0.05) is 30.7 Å². The molecule has 1 aliphatic heterocycles. The zero-order chi connectivity index (χ0) is 21.6. The number of halogens is 1. The van der Waals surface area contributed by atoms with Crippen molar-refractivity contribution in [2.24, 2.45) is 5.10 Å². The van der Waals surface area contributed by atoms with Crippen molar-refractivity contribution in [2.75, 3.05) is 32.7 Å². The summed E-state index contributed by atoms with van der Waals surface area (Å²) >= 11 is 3.31. The van der Waals surface area contributed by atoms with Crippen LogP contribution in [0.5, 0.6) is 0 Å². The molecule has 1 amide bonds. The Bertz CT molecular complexity index is 1010. The third kappa shape index (κ3) is 6.11. The molecule has 1 aliphatic rings. The van der Waals surface area contributed by atoms with Crippen molar-refractivity contribution >= 4 is 44.2 Å². The predicted molar refractivity (Wildman–Crippen MR) is 118 cm³/mol. The maximum atomic E-state index is 12.7. The van der Waals surface area contributed by atoms with Gasteiger partial charge in [-0.25, -0.2) is 13.8 Å². The number of allylic oxidation sites excluding steroid dienone is 1. The number of hydrogen-bond acceptors (Lipinski definition) is 6. The molecule has 160 valence electrons. The minimum Gasteiger partial charge on any atom is -0.465 e. The fraction of sp³-hybridized carbons (Fsp3) is 0.300. The SMILES string of the molecule is CC(C=NNC(=O)CN1CCN(S(=O)(=O)c2ccc(Br)cc2)CC1)=Cc1ccco1. The summed E-state index contributed by atoms with van der Waals surface area (Å²) in [5.41, 5.74) is 3.32. The summed E-state index contributed by atoms with van der Waals surface area (Å²) in [6.07, 6.45) is 4.94. The van der Waals surface area contributed by atoms with Crippen LogP contribution in [0.2, 0.25) is 0 Å². The Balaban J connectivity index is 1.45. The van der Waals surface area contributed by atoms with Gasteiger partial charge in [-0.2, -0.15) is 9.41 Å². The highest BCUT2D eigenvalue weighted by Gasteiger charge is 2.28. The maximum Gasteiger partial charge on any atom is 0.254 e. The van der Waals surface area contributed by atoms with E-state index in [-0.39, 0.29) is 17.3 Å². The number of nitrogens with zero attached hydrogens (tertiary/aromatic N) is 3. The zero-order valence-electron chi connectivity index (χ0n) is 16.5. The lowest BCUT2D eigenvalue weighted by molar-refractivity contribution is -0.122. The van der Waals surface area contributed by atoms with Gasteiger partial charge in [0.2, 0.25) is 10.0 Å². The summed E-state index contributed by atoms with van der Waals surface area (Å²) in [4.78, 5) is 14.3. The van der Waals surface area contributed by atoms with Crippen LogP contribution in [-0.4, -0.2) is 62.5 Å². The van der Waals surface area contributed by atoms with E-state index in [4.69, 9.17) is 4.42 Å². The first-order valence-electron chi connectivity index (χ1n) is 9.36. The van der Waals surface area contributed by atoms with Crippen molar-refractivity contribution in [3.05, 3.63) is 58.5 Å².